The number of imide groups is 1. The van der Waals surface area contributed by atoms with Gasteiger partial charge >= 0.3 is 0 Å². The van der Waals surface area contributed by atoms with Crippen molar-refractivity contribution < 1.29 is 18.0 Å². The van der Waals surface area contributed by atoms with E-state index in [2.05, 4.69) is 5.32 Å². The third-order valence-electron chi connectivity index (χ3n) is 4.30. The highest BCUT2D eigenvalue weighted by molar-refractivity contribution is 7.90. The fourth-order valence-electron chi connectivity index (χ4n) is 3.00. The van der Waals surface area contributed by atoms with Gasteiger partial charge in [-0.15, -0.1) is 0 Å². The van der Waals surface area contributed by atoms with E-state index in [9.17, 15) is 18.0 Å². The van der Waals surface area contributed by atoms with E-state index in [-0.39, 0.29) is 10.5 Å². The molecule has 3 aromatic rings. The first kappa shape index (κ1) is 16.3. The Bertz CT molecular complexity index is 1200. The summed E-state index contributed by atoms with van der Waals surface area (Å²) in [6.07, 6.45) is 2.58. The van der Waals surface area contributed by atoms with Crippen LogP contribution in [0.4, 0.5) is 0 Å². The van der Waals surface area contributed by atoms with Gasteiger partial charge in [-0.05, 0) is 25.1 Å². The Kier molecular flexibility index (Phi) is 3.55. The molecule has 1 N–H and O–H groups in total. The van der Waals surface area contributed by atoms with Crippen LogP contribution in [0, 0.1) is 6.92 Å². The van der Waals surface area contributed by atoms with Crippen molar-refractivity contribution in [2.24, 2.45) is 0 Å². The number of hydrogen-bond acceptors (Lipinski definition) is 4. The Morgan fingerprint density at radius 3 is 2.31 bits per heavy atom. The average molecular weight is 366 g/mol. The molecule has 0 saturated carbocycles. The second kappa shape index (κ2) is 5.67. The highest BCUT2D eigenvalue weighted by Gasteiger charge is 2.28. The first-order valence-corrected chi connectivity index (χ1v) is 9.31. The van der Waals surface area contributed by atoms with Crippen LogP contribution in [0.25, 0.3) is 16.5 Å². The van der Waals surface area contributed by atoms with Gasteiger partial charge in [0.1, 0.15) is 0 Å². The minimum atomic E-state index is -3.85. The van der Waals surface area contributed by atoms with Crippen LogP contribution in [0.15, 0.2) is 65.7 Å². The lowest BCUT2D eigenvalue weighted by atomic mass is 10.1. The lowest BCUT2D eigenvalue weighted by Crippen LogP contribution is -2.21. The summed E-state index contributed by atoms with van der Waals surface area (Å²) in [6.45, 7) is 1.88. The fraction of sp³-hybridized carbons (Fsp3) is 0.0526. The van der Waals surface area contributed by atoms with E-state index < -0.39 is 21.8 Å². The van der Waals surface area contributed by atoms with Crippen molar-refractivity contribution in [2.45, 2.75) is 11.8 Å². The number of carbonyl (C=O) groups excluding carboxylic acids is 2. The minimum Gasteiger partial charge on any atom is -0.289 e. The van der Waals surface area contributed by atoms with Crippen molar-refractivity contribution in [1.82, 2.24) is 9.29 Å². The summed E-state index contributed by atoms with van der Waals surface area (Å²) >= 11 is 0. The zero-order chi connectivity index (χ0) is 18.5. The van der Waals surface area contributed by atoms with Crippen molar-refractivity contribution in [3.63, 3.8) is 0 Å². The first-order valence-electron chi connectivity index (χ1n) is 7.87. The summed E-state index contributed by atoms with van der Waals surface area (Å²) in [7, 11) is -3.85. The molecule has 2 aromatic carbocycles. The summed E-state index contributed by atoms with van der Waals surface area (Å²) in [5.74, 6) is -1.05. The number of nitrogens with one attached hydrogen (secondary N) is 1. The van der Waals surface area contributed by atoms with Crippen LogP contribution < -0.4 is 5.32 Å². The highest BCUT2D eigenvalue weighted by Crippen LogP contribution is 2.31. The first-order chi connectivity index (χ1) is 12.4. The minimum absolute atomic E-state index is 0.149. The number of amides is 2. The topological polar surface area (TPSA) is 85.2 Å². The summed E-state index contributed by atoms with van der Waals surface area (Å²) in [5.41, 5.74) is 1.95. The van der Waals surface area contributed by atoms with Gasteiger partial charge in [0.25, 0.3) is 21.8 Å². The number of hydrogen-bond donors (Lipinski definition) is 1. The second-order valence-electron chi connectivity index (χ2n) is 6.05. The normalized spacial score (nSPS) is 14.6. The van der Waals surface area contributed by atoms with Crippen LogP contribution in [-0.2, 0) is 19.6 Å². The van der Waals surface area contributed by atoms with Crippen molar-refractivity contribution in [2.75, 3.05) is 0 Å². The second-order valence-corrected chi connectivity index (χ2v) is 7.87. The number of aryl methyl sites for hydroxylation is 1. The molecule has 2 heterocycles. The molecule has 7 heteroatoms. The number of benzene rings is 2. The molecule has 26 heavy (non-hydrogen) atoms. The number of nitrogens with zero attached hydrogens (tertiary/aromatic N) is 1. The molecule has 1 aromatic heterocycles. The molecule has 2 amide bonds. The summed E-state index contributed by atoms with van der Waals surface area (Å²) in [4.78, 5) is 23.7. The molecule has 0 saturated heterocycles. The highest BCUT2D eigenvalue weighted by atomic mass is 32.2. The van der Waals surface area contributed by atoms with E-state index in [0.717, 1.165) is 9.54 Å². The van der Waals surface area contributed by atoms with E-state index >= 15 is 0 Å². The van der Waals surface area contributed by atoms with E-state index in [0.29, 0.717) is 16.5 Å². The molecule has 0 spiro atoms. The van der Waals surface area contributed by atoms with E-state index in [1.54, 1.807) is 48.5 Å². The van der Waals surface area contributed by atoms with Gasteiger partial charge in [0.05, 0.1) is 16.0 Å². The Hall–Kier alpha value is -3.19. The van der Waals surface area contributed by atoms with Crippen LogP contribution in [0.2, 0.25) is 0 Å². The number of fused-ring (bicyclic) bond motifs is 1. The van der Waals surface area contributed by atoms with Gasteiger partial charge in [0.15, 0.2) is 0 Å². The number of aromatic nitrogens is 1. The maximum Gasteiger partial charge on any atom is 0.268 e. The van der Waals surface area contributed by atoms with Crippen LogP contribution in [-0.4, -0.2) is 24.2 Å². The van der Waals surface area contributed by atoms with Gasteiger partial charge < -0.3 is 0 Å². The summed E-state index contributed by atoms with van der Waals surface area (Å²) < 4.78 is 27.4. The molecule has 6 nitrogen and oxygen atoms in total. The van der Waals surface area contributed by atoms with E-state index in [1.807, 2.05) is 6.92 Å². The molecule has 1 aliphatic heterocycles. The molecular weight excluding hydrogens is 352 g/mol. The molecule has 0 aliphatic carbocycles. The smallest absolute Gasteiger partial charge is 0.268 e. The van der Waals surface area contributed by atoms with Crippen LogP contribution in [0.3, 0.4) is 0 Å². The SMILES string of the molecule is Cc1ccc(S(=O)(=O)n2cc(C3=CC(=O)NC3=O)c3ccccc32)cc1. The quantitative estimate of drug-likeness (QED) is 0.721. The average Bonchev–Trinajstić information content (AvgIpc) is 3.15. The predicted molar refractivity (Wildman–Crippen MR) is 96.8 cm³/mol. The molecule has 0 unspecified atom stereocenters. The van der Waals surface area contributed by atoms with Crippen LogP contribution in [0.1, 0.15) is 11.1 Å². The van der Waals surface area contributed by atoms with Gasteiger partial charge in [0.2, 0.25) is 0 Å². The van der Waals surface area contributed by atoms with Gasteiger partial charge in [-0.25, -0.2) is 12.4 Å². The van der Waals surface area contributed by atoms with Gasteiger partial charge in [0, 0.05) is 23.2 Å². The third-order valence-corrected chi connectivity index (χ3v) is 5.99. The Labute approximate surface area is 149 Å². The van der Waals surface area contributed by atoms with Gasteiger partial charge in [-0.2, -0.15) is 0 Å². The molecule has 0 radical (unpaired) electrons. The summed E-state index contributed by atoms with van der Waals surface area (Å²) in [5, 5.41) is 2.77. The largest absolute Gasteiger partial charge is 0.289 e. The maximum absolute atomic E-state index is 13.1. The van der Waals surface area contributed by atoms with Crippen molar-refractivity contribution in [3.05, 3.63) is 71.9 Å². The van der Waals surface area contributed by atoms with Crippen molar-refractivity contribution >= 4 is 38.3 Å². The molecule has 0 bridgehead atoms. The molecule has 0 atom stereocenters. The Morgan fingerprint density at radius 2 is 1.65 bits per heavy atom. The van der Waals surface area contributed by atoms with Crippen molar-refractivity contribution in [1.29, 1.82) is 0 Å². The fourth-order valence-corrected chi connectivity index (χ4v) is 4.37. The third kappa shape index (κ3) is 2.44. The van der Waals surface area contributed by atoms with Crippen molar-refractivity contribution in [3.8, 4) is 0 Å². The summed E-state index contributed by atoms with van der Waals surface area (Å²) in [6, 6.07) is 13.4. The molecule has 0 fully saturated rings. The zero-order valence-corrected chi connectivity index (χ0v) is 14.6. The lowest BCUT2D eigenvalue weighted by Gasteiger charge is -2.07. The van der Waals surface area contributed by atoms with E-state index in [1.165, 1.54) is 12.3 Å². The monoisotopic (exact) mass is 366 g/mol. The number of para-hydroxylation sites is 1. The lowest BCUT2D eigenvalue weighted by molar-refractivity contribution is -0.123. The standard InChI is InChI=1S/C19H14N2O4S/c1-12-6-8-13(9-7-12)26(24,25)21-11-16(14-4-2-3-5-17(14)21)15-10-18(22)20-19(15)23/h2-11H,1H3,(H,20,22,23). The Morgan fingerprint density at radius 1 is 0.962 bits per heavy atom. The number of rotatable bonds is 3. The Balaban J connectivity index is 1.97. The van der Waals surface area contributed by atoms with Crippen LogP contribution >= 0.6 is 0 Å². The molecule has 130 valence electrons. The van der Waals surface area contributed by atoms with Crippen LogP contribution in [0.5, 0.6) is 0 Å². The predicted octanol–water partition coefficient (Wildman–Crippen LogP) is 2.23. The number of carbonyl (C=O) groups is 2. The van der Waals surface area contributed by atoms with Gasteiger partial charge in [-0.1, -0.05) is 35.9 Å². The molecular formula is C19H14N2O4S. The van der Waals surface area contributed by atoms with E-state index in [4.69, 9.17) is 0 Å². The van der Waals surface area contributed by atoms with Gasteiger partial charge in [-0.3, -0.25) is 14.9 Å². The zero-order valence-electron chi connectivity index (χ0n) is 13.8. The molecule has 4 rings (SSSR count). The maximum atomic E-state index is 13.1. The molecule has 1 aliphatic rings.